The molecule has 2 rings (SSSR count). The van der Waals surface area contributed by atoms with E-state index >= 15 is 0 Å². The predicted molar refractivity (Wildman–Crippen MR) is 68.2 cm³/mol. The van der Waals surface area contributed by atoms with E-state index < -0.39 is 35.7 Å². The van der Waals surface area contributed by atoms with Gasteiger partial charge in [-0.15, -0.1) is 0 Å². The molecule has 10 heteroatoms. The van der Waals surface area contributed by atoms with Crippen molar-refractivity contribution in [1.29, 1.82) is 5.26 Å². The summed E-state index contributed by atoms with van der Waals surface area (Å²) in [5.41, 5.74) is -2.54. The minimum atomic E-state index is -6.47. The van der Waals surface area contributed by atoms with E-state index in [-0.39, 0.29) is 11.3 Å². The van der Waals surface area contributed by atoms with Gasteiger partial charge in [-0.3, -0.25) is 5.10 Å². The minimum Gasteiger partial charge on any atom is -0.275 e. The van der Waals surface area contributed by atoms with Gasteiger partial charge in [-0.05, 0) is 0 Å². The van der Waals surface area contributed by atoms with Crippen LogP contribution in [-0.4, -0.2) is 22.3 Å². The van der Waals surface area contributed by atoms with Crippen molar-refractivity contribution in [3.8, 4) is 17.3 Å². The van der Waals surface area contributed by atoms with Crippen molar-refractivity contribution in [3.05, 3.63) is 41.6 Å². The average molecular weight is 351 g/mol. The van der Waals surface area contributed by atoms with E-state index in [1.54, 1.807) is 11.2 Å². The molecule has 0 fully saturated rings. The van der Waals surface area contributed by atoms with Crippen LogP contribution in [0.2, 0.25) is 0 Å². The largest absolute Gasteiger partial charge is 0.460 e. The quantitative estimate of drug-likeness (QED) is 0.829. The van der Waals surface area contributed by atoms with Gasteiger partial charge in [0.05, 0.1) is 18.2 Å². The highest BCUT2D eigenvalue weighted by molar-refractivity contribution is 5.65. The maximum atomic E-state index is 13.9. The second-order valence-electron chi connectivity index (χ2n) is 4.77. The summed E-state index contributed by atoms with van der Waals surface area (Å²) in [6, 6.07) is 8.80. The fourth-order valence-corrected chi connectivity index (χ4v) is 2.05. The third-order valence-electron chi connectivity index (χ3n) is 3.23. The Morgan fingerprint density at radius 3 is 2.08 bits per heavy atom. The van der Waals surface area contributed by atoms with E-state index in [2.05, 4.69) is 5.10 Å². The molecule has 3 nitrogen and oxygen atoms in total. The van der Waals surface area contributed by atoms with Crippen LogP contribution in [0.3, 0.4) is 0 Å². The molecule has 128 valence electrons. The first-order valence-electron chi connectivity index (χ1n) is 6.36. The highest BCUT2D eigenvalue weighted by atomic mass is 19.4. The summed E-state index contributed by atoms with van der Waals surface area (Å²) in [6.07, 6.45) is -7.29. The number of alkyl halides is 7. The first kappa shape index (κ1) is 17.8. The Balaban J connectivity index is 2.64. The minimum absolute atomic E-state index is 0.191. The summed E-state index contributed by atoms with van der Waals surface area (Å²) < 4.78 is 91.2. The number of rotatable bonds is 4. The maximum Gasteiger partial charge on any atom is 0.460 e. The van der Waals surface area contributed by atoms with Crippen LogP contribution >= 0.6 is 0 Å². The Hall–Kier alpha value is -2.57. The number of halogens is 7. The van der Waals surface area contributed by atoms with Crippen LogP contribution in [0.15, 0.2) is 30.3 Å². The van der Waals surface area contributed by atoms with E-state index in [0.29, 0.717) is 0 Å². The molecule has 1 aromatic carbocycles. The average Bonchev–Trinajstić information content (AvgIpc) is 2.91. The lowest BCUT2D eigenvalue weighted by Crippen LogP contribution is -2.50. The van der Waals surface area contributed by atoms with Crippen molar-refractivity contribution in [2.24, 2.45) is 0 Å². The highest BCUT2D eigenvalue weighted by Gasteiger charge is 2.74. The Morgan fingerprint density at radius 2 is 1.58 bits per heavy atom. The third-order valence-corrected chi connectivity index (χ3v) is 3.23. The molecule has 1 aromatic heterocycles. The lowest BCUT2D eigenvalue weighted by atomic mass is 9.98. The number of H-pyrrole nitrogens is 1. The maximum absolute atomic E-state index is 13.9. The molecule has 0 bridgehead atoms. The van der Waals surface area contributed by atoms with Gasteiger partial charge in [0.2, 0.25) is 0 Å². The highest BCUT2D eigenvalue weighted by Crippen LogP contribution is 2.52. The zero-order valence-corrected chi connectivity index (χ0v) is 11.6. The summed E-state index contributed by atoms with van der Waals surface area (Å²) in [4.78, 5) is 0. The van der Waals surface area contributed by atoms with Gasteiger partial charge in [-0.1, -0.05) is 30.3 Å². The molecule has 1 heterocycles. The van der Waals surface area contributed by atoms with Crippen molar-refractivity contribution < 1.29 is 30.7 Å². The third kappa shape index (κ3) is 2.70. The van der Waals surface area contributed by atoms with Crippen LogP contribution in [0.25, 0.3) is 11.3 Å². The van der Waals surface area contributed by atoms with Crippen molar-refractivity contribution in [3.63, 3.8) is 0 Å². The summed E-state index contributed by atoms with van der Waals surface area (Å²) >= 11 is 0. The van der Waals surface area contributed by atoms with Crippen LogP contribution in [0.4, 0.5) is 30.7 Å². The number of aromatic amines is 1. The number of nitrogens with zero attached hydrogens (tertiary/aromatic N) is 2. The van der Waals surface area contributed by atoms with Crippen molar-refractivity contribution in [2.75, 3.05) is 0 Å². The van der Waals surface area contributed by atoms with Gasteiger partial charge >= 0.3 is 18.0 Å². The number of hydrogen-bond donors (Lipinski definition) is 1. The molecule has 0 atom stereocenters. The predicted octanol–water partition coefficient (Wildman–Crippen LogP) is 4.43. The Labute approximate surface area is 130 Å². The molecule has 0 spiro atoms. The van der Waals surface area contributed by atoms with Crippen molar-refractivity contribution >= 4 is 0 Å². The molecule has 24 heavy (non-hydrogen) atoms. The van der Waals surface area contributed by atoms with E-state index in [0.717, 1.165) is 0 Å². The molecule has 0 aliphatic carbocycles. The van der Waals surface area contributed by atoms with E-state index in [4.69, 9.17) is 5.26 Å². The van der Waals surface area contributed by atoms with Gasteiger partial charge in [0.15, 0.2) is 0 Å². The molecular weight excluding hydrogens is 343 g/mol. The molecule has 2 aromatic rings. The van der Waals surface area contributed by atoms with Gasteiger partial charge in [-0.2, -0.15) is 41.1 Å². The van der Waals surface area contributed by atoms with E-state index in [1.165, 1.54) is 30.3 Å². The summed E-state index contributed by atoms with van der Waals surface area (Å²) in [7, 11) is 0. The van der Waals surface area contributed by atoms with Crippen molar-refractivity contribution in [2.45, 2.75) is 24.4 Å². The number of nitriles is 1. The zero-order chi connectivity index (χ0) is 18.2. The van der Waals surface area contributed by atoms with Crippen LogP contribution in [0.5, 0.6) is 0 Å². The van der Waals surface area contributed by atoms with E-state index in [1.807, 2.05) is 0 Å². The number of hydrogen-bond acceptors (Lipinski definition) is 2. The van der Waals surface area contributed by atoms with Gasteiger partial charge in [0.1, 0.15) is 5.69 Å². The van der Waals surface area contributed by atoms with Crippen LogP contribution < -0.4 is 0 Å². The zero-order valence-electron chi connectivity index (χ0n) is 11.6. The van der Waals surface area contributed by atoms with Crippen LogP contribution in [0.1, 0.15) is 11.3 Å². The second-order valence-corrected chi connectivity index (χ2v) is 4.77. The summed E-state index contributed by atoms with van der Waals surface area (Å²) in [5.74, 6) is -11.9. The Morgan fingerprint density at radius 1 is 1.00 bits per heavy atom. The molecule has 0 saturated carbocycles. The fraction of sp³-hybridized carbons (Fsp3) is 0.286. The van der Waals surface area contributed by atoms with Gasteiger partial charge in [0, 0.05) is 11.1 Å². The molecule has 0 amide bonds. The second kappa shape index (κ2) is 5.81. The Bertz CT molecular complexity index is 757. The fourth-order valence-electron chi connectivity index (χ4n) is 2.05. The van der Waals surface area contributed by atoms with E-state index in [9.17, 15) is 30.7 Å². The lowest BCUT2D eigenvalue weighted by Gasteiger charge is -2.27. The summed E-state index contributed by atoms with van der Waals surface area (Å²) in [6.45, 7) is 0. The molecule has 0 aliphatic rings. The van der Waals surface area contributed by atoms with Crippen molar-refractivity contribution in [1.82, 2.24) is 10.2 Å². The lowest BCUT2D eigenvalue weighted by molar-refractivity contribution is -0.360. The molecule has 0 aliphatic heterocycles. The van der Waals surface area contributed by atoms with Crippen LogP contribution in [0, 0.1) is 11.3 Å². The standard InChI is InChI=1S/C14H8F7N3/c15-12(16,13(17,18)14(19,20)21)11-9(6-7-22)10(23-24-11)8-4-2-1-3-5-8/h1-5H,6H2,(H,23,24). The van der Waals surface area contributed by atoms with Gasteiger partial charge in [0.25, 0.3) is 0 Å². The summed E-state index contributed by atoms with van der Waals surface area (Å²) in [5, 5.41) is 13.7. The molecule has 0 radical (unpaired) electrons. The topological polar surface area (TPSA) is 52.5 Å². The number of nitrogens with one attached hydrogen (secondary N) is 1. The first-order valence-corrected chi connectivity index (χ1v) is 6.36. The normalized spacial score (nSPS) is 12.9. The van der Waals surface area contributed by atoms with Crippen LogP contribution in [-0.2, 0) is 12.3 Å². The first-order chi connectivity index (χ1) is 11.0. The molecular formula is C14H8F7N3. The molecule has 0 saturated heterocycles. The molecule has 0 unspecified atom stereocenters. The Kier molecular flexibility index (Phi) is 4.31. The number of aromatic nitrogens is 2. The molecule has 1 N–H and O–H groups in total. The van der Waals surface area contributed by atoms with Gasteiger partial charge < -0.3 is 0 Å². The number of benzene rings is 1. The SMILES string of the molecule is N#CCc1c(-c2ccccc2)n[nH]c1C(F)(F)C(F)(F)C(F)(F)F. The smallest absolute Gasteiger partial charge is 0.275 e. The van der Waals surface area contributed by atoms with Gasteiger partial charge in [-0.25, -0.2) is 0 Å². The monoisotopic (exact) mass is 351 g/mol.